The third-order valence-corrected chi connectivity index (χ3v) is 3.41. The van der Waals surface area contributed by atoms with E-state index in [4.69, 9.17) is 0 Å². The summed E-state index contributed by atoms with van der Waals surface area (Å²) in [6, 6.07) is 5.68. The molecule has 104 valence electrons. The average Bonchev–Trinajstić information content (AvgIpc) is 3.22. The molecule has 1 aliphatic carbocycles. The summed E-state index contributed by atoms with van der Waals surface area (Å²) in [5.41, 5.74) is 0.862. The second-order valence-electron chi connectivity index (χ2n) is 4.96. The van der Waals surface area contributed by atoms with E-state index in [0.29, 0.717) is 19.0 Å². The topological polar surface area (TPSA) is 74.8 Å². The molecule has 1 N–H and O–H groups in total. The summed E-state index contributed by atoms with van der Waals surface area (Å²) < 4.78 is 0. The molecule has 0 radical (unpaired) electrons. The fourth-order valence-corrected chi connectivity index (χ4v) is 2.07. The lowest BCUT2D eigenvalue weighted by atomic mass is 10.3. The molecule has 3 rings (SSSR count). The minimum absolute atomic E-state index is 0.152. The van der Waals surface area contributed by atoms with Gasteiger partial charge in [-0.15, -0.1) is 5.10 Å². The van der Waals surface area contributed by atoms with Crippen molar-refractivity contribution < 1.29 is 4.79 Å². The van der Waals surface area contributed by atoms with Crippen LogP contribution in [0.15, 0.2) is 24.4 Å². The molecule has 0 atom stereocenters. The Hall–Kier alpha value is -2.24. The molecule has 20 heavy (non-hydrogen) atoms. The predicted molar refractivity (Wildman–Crippen MR) is 73.0 cm³/mol. The molecule has 0 spiro atoms. The number of H-pyrrole nitrogens is 1. The molecule has 6 nitrogen and oxygen atoms in total. The maximum Gasteiger partial charge on any atom is 0.293 e. The van der Waals surface area contributed by atoms with Gasteiger partial charge in [-0.3, -0.25) is 14.9 Å². The van der Waals surface area contributed by atoms with Gasteiger partial charge < -0.3 is 4.90 Å². The summed E-state index contributed by atoms with van der Waals surface area (Å²) in [5, 5.41) is 6.91. The van der Waals surface area contributed by atoms with Crippen LogP contribution in [-0.2, 0) is 6.54 Å². The molecule has 2 heterocycles. The minimum Gasteiger partial charge on any atom is -0.330 e. The second kappa shape index (κ2) is 5.40. The van der Waals surface area contributed by atoms with Crippen molar-refractivity contribution in [2.45, 2.75) is 32.2 Å². The van der Waals surface area contributed by atoms with Crippen LogP contribution in [-0.4, -0.2) is 37.5 Å². The smallest absolute Gasteiger partial charge is 0.293 e. The Morgan fingerprint density at radius 1 is 1.45 bits per heavy atom. The predicted octanol–water partition coefficient (Wildman–Crippen LogP) is 1.74. The lowest BCUT2D eigenvalue weighted by Crippen LogP contribution is -2.31. The van der Waals surface area contributed by atoms with Gasteiger partial charge in [0.2, 0.25) is 5.82 Å². The van der Waals surface area contributed by atoms with Crippen molar-refractivity contribution in [3.05, 3.63) is 41.7 Å². The Morgan fingerprint density at radius 2 is 2.30 bits per heavy atom. The quantitative estimate of drug-likeness (QED) is 0.898. The van der Waals surface area contributed by atoms with Crippen LogP contribution in [0.5, 0.6) is 0 Å². The highest BCUT2D eigenvalue weighted by atomic mass is 16.2. The summed E-state index contributed by atoms with van der Waals surface area (Å²) in [7, 11) is 0. The van der Waals surface area contributed by atoms with Crippen LogP contribution >= 0.6 is 0 Å². The van der Waals surface area contributed by atoms with E-state index in [2.05, 4.69) is 20.2 Å². The van der Waals surface area contributed by atoms with E-state index in [1.807, 2.05) is 25.1 Å². The van der Waals surface area contributed by atoms with Gasteiger partial charge in [-0.1, -0.05) is 6.07 Å². The Bertz CT molecular complexity index is 591. The highest BCUT2D eigenvalue weighted by Crippen LogP contribution is 2.37. The molecule has 0 aromatic carbocycles. The van der Waals surface area contributed by atoms with Crippen molar-refractivity contribution >= 4 is 5.91 Å². The van der Waals surface area contributed by atoms with Crippen LogP contribution < -0.4 is 0 Å². The molecule has 0 aliphatic heterocycles. The highest BCUT2D eigenvalue weighted by molar-refractivity contribution is 5.90. The molecular formula is C14H17N5O. The zero-order chi connectivity index (χ0) is 13.9. The number of carbonyl (C=O) groups excluding carboxylic acids is 1. The SMILES string of the molecule is CCN(Cc1ccccn1)C(=O)c1n[nH]c(C2CC2)n1. The van der Waals surface area contributed by atoms with E-state index in [0.717, 1.165) is 24.4 Å². The van der Waals surface area contributed by atoms with Gasteiger partial charge in [-0.2, -0.15) is 0 Å². The van der Waals surface area contributed by atoms with E-state index >= 15 is 0 Å². The number of rotatable bonds is 5. The number of hydrogen-bond acceptors (Lipinski definition) is 4. The van der Waals surface area contributed by atoms with Crippen LogP contribution in [0.1, 0.15) is 47.8 Å². The first-order valence-corrected chi connectivity index (χ1v) is 6.89. The van der Waals surface area contributed by atoms with Gasteiger partial charge in [-0.25, -0.2) is 4.98 Å². The number of aromatic nitrogens is 4. The summed E-state index contributed by atoms with van der Waals surface area (Å²) in [5.74, 6) is 1.41. The summed E-state index contributed by atoms with van der Waals surface area (Å²) in [4.78, 5) is 22.6. The van der Waals surface area contributed by atoms with Gasteiger partial charge in [0.1, 0.15) is 5.82 Å². The van der Waals surface area contributed by atoms with E-state index in [1.54, 1.807) is 11.1 Å². The van der Waals surface area contributed by atoms with Gasteiger partial charge in [0.25, 0.3) is 5.91 Å². The Labute approximate surface area is 117 Å². The summed E-state index contributed by atoms with van der Waals surface area (Å²) in [6.45, 7) is 3.02. The number of nitrogens with zero attached hydrogens (tertiary/aromatic N) is 4. The van der Waals surface area contributed by atoms with Crippen molar-refractivity contribution in [3.63, 3.8) is 0 Å². The van der Waals surface area contributed by atoms with Gasteiger partial charge in [-0.05, 0) is 31.9 Å². The monoisotopic (exact) mass is 271 g/mol. The molecule has 0 saturated heterocycles. The number of pyridine rings is 1. The lowest BCUT2D eigenvalue weighted by molar-refractivity contribution is 0.0738. The van der Waals surface area contributed by atoms with Crippen molar-refractivity contribution in [2.24, 2.45) is 0 Å². The van der Waals surface area contributed by atoms with Crippen LogP contribution in [0.3, 0.4) is 0 Å². The zero-order valence-corrected chi connectivity index (χ0v) is 11.4. The number of aromatic amines is 1. The fraction of sp³-hybridized carbons (Fsp3) is 0.429. The van der Waals surface area contributed by atoms with Crippen molar-refractivity contribution in [2.75, 3.05) is 6.54 Å². The Balaban J connectivity index is 1.72. The van der Waals surface area contributed by atoms with Crippen LogP contribution in [0.2, 0.25) is 0 Å². The molecule has 0 bridgehead atoms. The zero-order valence-electron chi connectivity index (χ0n) is 11.4. The van der Waals surface area contributed by atoms with Gasteiger partial charge >= 0.3 is 0 Å². The van der Waals surface area contributed by atoms with E-state index in [-0.39, 0.29) is 11.7 Å². The largest absolute Gasteiger partial charge is 0.330 e. The van der Waals surface area contributed by atoms with Gasteiger partial charge in [0.15, 0.2) is 0 Å². The Morgan fingerprint density at radius 3 is 2.95 bits per heavy atom. The number of amides is 1. The highest BCUT2D eigenvalue weighted by Gasteiger charge is 2.29. The average molecular weight is 271 g/mol. The second-order valence-corrected chi connectivity index (χ2v) is 4.96. The van der Waals surface area contributed by atoms with Crippen molar-refractivity contribution in [3.8, 4) is 0 Å². The number of hydrogen-bond donors (Lipinski definition) is 1. The van der Waals surface area contributed by atoms with Crippen molar-refractivity contribution in [1.29, 1.82) is 0 Å². The molecule has 1 fully saturated rings. The Kier molecular flexibility index (Phi) is 3.45. The van der Waals surface area contributed by atoms with Crippen LogP contribution in [0, 0.1) is 0 Å². The molecule has 2 aromatic heterocycles. The molecule has 1 amide bonds. The summed E-state index contributed by atoms with van der Waals surface area (Å²) >= 11 is 0. The molecular weight excluding hydrogens is 254 g/mol. The van der Waals surface area contributed by atoms with Crippen molar-refractivity contribution in [1.82, 2.24) is 25.1 Å². The number of nitrogens with one attached hydrogen (secondary N) is 1. The van der Waals surface area contributed by atoms with E-state index in [9.17, 15) is 4.79 Å². The third-order valence-electron chi connectivity index (χ3n) is 3.41. The first-order valence-electron chi connectivity index (χ1n) is 6.89. The van der Waals surface area contributed by atoms with Gasteiger partial charge in [0.05, 0.1) is 12.2 Å². The molecule has 6 heteroatoms. The molecule has 1 saturated carbocycles. The maximum absolute atomic E-state index is 12.4. The molecule has 0 unspecified atom stereocenters. The first-order chi connectivity index (χ1) is 9.78. The van der Waals surface area contributed by atoms with E-state index < -0.39 is 0 Å². The standard InChI is InChI=1S/C14H17N5O/c1-2-19(9-11-5-3-4-8-15-11)14(20)13-16-12(17-18-13)10-6-7-10/h3-5,8,10H,2,6-7,9H2,1H3,(H,16,17,18). The van der Waals surface area contributed by atoms with Gasteiger partial charge in [0, 0.05) is 18.7 Å². The molecule has 2 aromatic rings. The number of carbonyl (C=O) groups is 1. The normalized spacial score (nSPS) is 14.2. The summed E-state index contributed by atoms with van der Waals surface area (Å²) in [6.07, 6.45) is 3.99. The first kappa shape index (κ1) is 12.8. The van der Waals surface area contributed by atoms with Crippen LogP contribution in [0.4, 0.5) is 0 Å². The minimum atomic E-state index is -0.152. The lowest BCUT2D eigenvalue weighted by Gasteiger charge is -2.18. The third kappa shape index (κ3) is 2.68. The maximum atomic E-state index is 12.4. The fourth-order valence-electron chi connectivity index (χ4n) is 2.07. The molecule has 1 aliphatic rings. The van der Waals surface area contributed by atoms with E-state index in [1.165, 1.54) is 0 Å². The van der Waals surface area contributed by atoms with Crippen LogP contribution in [0.25, 0.3) is 0 Å².